The molecule has 2 aromatic rings. The molecule has 0 spiro atoms. The number of aromatic nitrogens is 2. The topological polar surface area (TPSA) is 33.1 Å². The van der Waals surface area contributed by atoms with Gasteiger partial charge in [0.15, 0.2) is 0 Å². The third-order valence-corrected chi connectivity index (χ3v) is 4.58. The van der Waals surface area contributed by atoms with E-state index in [1.54, 1.807) is 0 Å². The summed E-state index contributed by atoms with van der Waals surface area (Å²) in [5.41, 5.74) is 2.40. The Kier molecular flexibility index (Phi) is 4.27. The Morgan fingerprint density at radius 2 is 2.14 bits per heavy atom. The summed E-state index contributed by atoms with van der Waals surface area (Å²) in [7, 11) is 2.24. The molecule has 0 saturated heterocycles. The van der Waals surface area contributed by atoms with E-state index in [1.165, 1.54) is 23.7 Å². The molecule has 4 heteroatoms. The van der Waals surface area contributed by atoms with Gasteiger partial charge in [-0.2, -0.15) is 5.10 Å². The van der Waals surface area contributed by atoms with Crippen LogP contribution in [0.5, 0.6) is 0 Å². The summed E-state index contributed by atoms with van der Waals surface area (Å²) in [6, 6.07) is 9.90. The molecule has 1 atom stereocenters. The molecule has 3 rings (SSSR count). The highest BCUT2D eigenvalue weighted by Crippen LogP contribution is 2.26. The predicted octanol–water partition coefficient (Wildman–Crippen LogP) is 2.63. The molecule has 21 heavy (non-hydrogen) atoms. The van der Waals surface area contributed by atoms with Gasteiger partial charge < -0.3 is 5.32 Å². The van der Waals surface area contributed by atoms with Crippen LogP contribution in [-0.2, 0) is 13.1 Å². The van der Waals surface area contributed by atoms with E-state index in [9.17, 15) is 0 Å². The van der Waals surface area contributed by atoms with Crippen LogP contribution < -0.4 is 5.32 Å². The van der Waals surface area contributed by atoms with Crippen molar-refractivity contribution in [2.75, 3.05) is 13.6 Å². The van der Waals surface area contributed by atoms with E-state index in [-0.39, 0.29) is 0 Å². The van der Waals surface area contributed by atoms with Gasteiger partial charge in [-0.1, -0.05) is 18.2 Å². The van der Waals surface area contributed by atoms with Crippen molar-refractivity contribution in [2.24, 2.45) is 0 Å². The number of benzene rings is 1. The highest BCUT2D eigenvalue weighted by Gasteiger charge is 2.28. The Morgan fingerprint density at radius 3 is 2.86 bits per heavy atom. The maximum Gasteiger partial charge on any atom is 0.0841 e. The normalized spacial score (nSPS) is 16.8. The fourth-order valence-corrected chi connectivity index (χ4v) is 2.95. The van der Waals surface area contributed by atoms with Crippen LogP contribution in [0, 0.1) is 0 Å². The number of likely N-dealkylation sites (N-methyl/N-ethyl adjacent to an activating group) is 1. The molecule has 1 aromatic carbocycles. The highest BCUT2D eigenvalue weighted by molar-refractivity contribution is 5.81. The molecule has 1 aromatic heterocycles. The monoisotopic (exact) mass is 286 g/mol. The largest absolute Gasteiger partial charge is 0.310 e. The average Bonchev–Trinajstić information content (AvgIpc) is 3.29. The Labute approximate surface area is 127 Å². The van der Waals surface area contributed by atoms with Crippen LogP contribution in [0.4, 0.5) is 0 Å². The molecular weight excluding hydrogens is 260 g/mol. The standard InChI is InChI=1S/C17H26N4/c1-4-21-17-8-6-5-7-15(17)16(19-21)12-18-11-13(2)20(3)14-9-10-14/h5-8,13-14,18H,4,9-12H2,1-3H3. The Bertz CT molecular complexity index is 600. The fourth-order valence-electron chi connectivity index (χ4n) is 2.95. The second kappa shape index (κ2) is 6.16. The van der Waals surface area contributed by atoms with Crippen molar-refractivity contribution in [1.82, 2.24) is 20.0 Å². The van der Waals surface area contributed by atoms with Crippen molar-refractivity contribution < 1.29 is 0 Å². The molecular formula is C17H26N4. The third kappa shape index (κ3) is 3.11. The average molecular weight is 286 g/mol. The first-order chi connectivity index (χ1) is 10.2. The zero-order chi connectivity index (χ0) is 14.8. The number of para-hydroxylation sites is 1. The first kappa shape index (κ1) is 14.5. The molecule has 1 aliphatic rings. The number of nitrogens with zero attached hydrogens (tertiary/aromatic N) is 3. The summed E-state index contributed by atoms with van der Waals surface area (Å²) in [6.07, 6.45) is 2.73. The Hall–Kier alpha value is -1.39. The second-order valence-electron chi connectivity index (χ2n) is 6.16. The highest BCUT2D eigenvalue weighted by atomic mass is 15.3. The summed E-state index contributed by atoms with van der Waals surface area (Å²) in [5, 5.41) is 9.59. The van der Waals surface area contributed by atoms with E-state index in [4.69, 9.17) is 5.10 Å². The fraction of sp³-hybridized carbons (Fsp3) is 0.588. The lowest BCUT2D eigenvalue weighted by Crippen LogP contribution is -2.39. The minimum Gasteiger partial charge on any atom is -0.310 e. The zero-order valence-corrected chi connectivity index (χ0v) is 13.3. The number of hydrogen-bond acceptors (Lipinski definition) is 3. The van der Waals surface area contributed by atoms with E-state index in [1.807, 2.05) is 0 Å². The SMILES string of the molecule is CCn1nc(CNCC(C)N(C)C2CC2)c2ccccc21. The number of fused-ring (bicyclic) bond motifs is 1. The number of hydrogen-bond donors (Lipinski definition) is 1. The van der Waals surface area contributed by atoms with Crippen molar-refractivity contribution in [3.8, 4) is 0 Å². The number of nitrogens with one attached hydrogen (secondary N) is 1. The van der Waals surface area contributed by atoms with Gasteiger partial charge >= 0.3 is 0 Å². The van der Waals surface area contributed by atoms with Gasteiger partial charge in [-0.15, -0.1) is 0 Å². The summed E-state index contributed by atoms with van der Waals surface area (Å²) in [5.74, 6) is 0. The van der Waals surface area contributed by atoms with Crippen molar-refractivity contribution in [3.05, 3.63) is 30.0 Å². The van der Waals surface area contributed by atoms with Gasteiger partial charge in [-0.05, 0) is 39.8 Å². The Morgan fingerprint density at radius 1 is 1.38 bits per heavy atom. The second-order valence-corrected chi connectivity index (χ2v) is 6.16. The first-order valence-electron chi connectivity index (χ1n) is 8.07. The molecule has 1 saturated carbocycles. The quantitative estimate of drug-likeness (QED) is 0.849. The van der Waals surface area contributed by atoms with Crippen molar-refractivity contribution in [2.45, 2.75) is 51.9 Å². The summed E-state index contributed by atoms with van der Waals surface area (Å²) in [6.45, 7) is 7.22. The molecule has 1 aliphatic carbocycles. The maximum absolute atomic E-state index is 4.74. The summed E-state index contributed by atoms with van der Waals surface area (Å²) in [4.78, 5) is 2.50. The minimum atomic E-state index is 0.581. The van der Waals surface area contributed by atoms with Crippen LogP contribution in [-0.4, -0.2) is 40.4 Å². The lowest BCUT2D eigenvalue weighted by molar-refractivity contribution is 0.241. The predicted molar refractivity (Wildman–Crippen MR) is 87.4 cm³/mol. The summed E-state index contributed by atoms with van der Waals surface area (Å²) < 4.78 is 2.09. The molecule has 0 radical (unpaired) electrons. The van der Waals surface area contributed by atoms with Crippen molar-refractivity contribution in [1.29, 1.82) is 0 Å². The van der Waals surface area contributed by atoms with E-state index in [0.717, 1.165) is 31.4 Å². The molecule has 0 bridgehead atoms. The van der Waals surface area contributed by atoms with Crippen LogP contribution in [0.2, 0.25) is 0 Å². The molecule has 114 valence electrons. The van der Waals surface area contributed by atoms with Crippen molar-refractivity contribution in [3.63, 3.8) is 0 Å². The molecule has 1 unspecified atom stereocenters. The zero-order valence-electron chi connectivity index (χ0n) is 13.3. The first-order valence-corrected chi connectivity index (χ1v) is 8.07. The molecule has 0 aliphatic heterocycles. The van der Waals surface area contributed by atoms with Crippen molar-refractivity contribution >= 4 is 10.9 Å². The van der Waals surface area contributed by atoms with Gasteiger partial charge in [0, 0.05) is 37.1 Å². The lowest BCUT2D eigenvalue weighted by atomic mass is 10.2. The van der Waals surface area contributed by atoms with Crippen LogP contribution in [0.3, 0.4) is 0 Å². The van der Waals surface area contributed by atoms with E-state index < -0.39 is 0 Å². The molecule has 1 N–H and O–H groups in total. The van der Waals surface area contributed by atoms with E-state index >= 15 is 0 Å². The van der Waals surface area contributed by atoms with Gasteiger partial charge in [0.25, 0.3) is 0 Å². The molecule has 1 fully saturated rings. The van der Waals surface area contributed by atoms with E-state index in [2.05, 4.69) is 60.1 Å². The van der Waals surface area contributed by atoms with Gasteiger partial charge in [-0.3, -0.25) is 9.58 Å². The third-order valence-electron chi connectivity index (χ3n) is 4.58. The lowest BCUT2D eigenvalue weighted by Gasteiger charge is -2.24. The number of rotatable bonds is 7. The van der Waals surface area contributed by atoms with Crippen LogP contribution in [0.1, 0.15) is 32.4 Å². The van der Waals surface area contributed by atoms with Crippen LogP contribution in [0.25, 0.3) is 10.9 Å². The molecule has 0 amide bonds. The summed E-state index contributed by atoms with van der Waals surface area (Å²) >= 11 is 0. The minimum absolute atomic E-state index is 0.581. The molecule has 4 nitrogen and oxygen atoms in total. The van der Waals surface area contributed by atoms with E-state index in [0.29, 0.717) is 6.04 Å². The smallest absolute Gasteiger partial charge is 0.0841 e. The maximum atomic E-state index is 4.74. The molecule has 1 heterocycles. The van der Waals surface area contributed by atoms with Gasteiger partial charge in [0.05, 0.1) is 11.2 Å². The Balaban J connectivity index is 1.62. The number of aryl methyl sites for hydroxylation is 1. The van der Waals surface area contributed by atoms with Crippen LogP contribution >= 0.6 is 0 Å². The van der Waals surface area contributed by atoms with Gasteiger partial charge in [0.2, 0.25) is 0 Å². The van der Waals surface area contributed by atoms with Crippen LogP contribution in [0.15, 0.2) is 24.3 Å². The van der Waals surface area contributed by atoms with Gasteiger partial charge in [-0.25, -0.2) is 0 Å². The van der Waals surface area contributed by atoms with Gasteiger partial charge in [0.1, 0.15) is 0 Å².